The summed E-state index contributed by atoms with van der Waals surface area (Å²) in [6, 6.07) is 3.73. The van der Waals surface area contributed by atoms with Crippen LogP contribution in [-0.2, 0) is 12.7 Å². The molecule has 0 radical (unpaired) electrons. The van der Waals surface area contributed by atoms with Crippen LogP contribution < -0.4 is 10.6 Å². The zero-order valence-corrected chi connectivity index (χ0v) is 13.7. The number of alkyl halides is 3. The van der Waals surface area contributed by atoms with E-state index in [0.29, 0.717) is 0 Å². The second-order valence-corrected chi connectivity index (χ2v) is 6.22. The van der Waals surface area contributed by atoms with Crippen molar-refractivity contribution >= 4 is 11.8 Å². The summed E-state index contributed by atoms with van der Waals surface area (Å²) in [4.78, 5) is 7.59. The van der Waals surface area contributed by atoms with Gasteiger partial charge in [0.1, 0.15) is 17.5 Å². The lowest BCUT2D eigenvalue weighted by Crippen LogP contribution is -2.19. The number of hydrogen-bond acceptors (Lipinski definition) is 4. The van der Waals surface area contributed by atoms with Crippen LogP contribution in [0.25, 0.3) is 0 Å². The third-order valence-electron chi connectivity index (χ3n) is 4.10. The zero-order chi connectivity index (χ0) is 18.7. The van der Waals surface area contributed by atoms with Gasteiger partial charge < -0.3 is 10.6 Å². The highest BCUT2D eigenvalue weighted by atomic mass is 19.4. The number of aromatic nitrogens is 2. The molecule has 0 amide bonds. The van der Waals surface area contributed by atoms with Gasteiger partial charge >= 0.3 is 6.18 Å². The molecule has 1 aromatic heterocycles. The van der Waals surface area contributed by atoms with Crippen molar-refractivity contribution in [2.75, 3.05) is 10.6 Å². The molecule has 1 aliphatic rings. The minimum absolute atomic E-state index is 0.0450. The summed E-state index contributed by atoms with van der Waals surface area (Å²) in [5.74, 6) is -1.70. The van der Waals surface area contributed by atoms with E-state index in [0.717, 1.165) is 49.9 Å². The van der Waals surface area contributed by atoms with Crippen LogP contribution in [-0.4, -0.2) is 16.0 Å². The van der Waals surface area contributed by atoms with Crippen LogP contribution in [0.1, 0.15) is 36.9 Å². The van der Waals surface area contributed by atoms with E-state index >= 15 is 0 Å². The van der Waals surface area contributed by atoms with Gasteiger partial charge in [0.2, 0.25) is 5.95 Å². The quantitative estimate of drug-likeness (QED) is 0.745. The van der Waals surface area contributed by atoms with Gasteiger partial charge in [0.25, 0.3) is 0 Å². The Morgan fingerprint density at radius 2 is 1.62 bits per heavy atom. The van der Waals surface area contributed by atoms with Crippen molar-refractivity contribution in [3.8, 4) is 0 Å². The largest absolute Gasteiger partial charge is 0.433 e. The van der Waals surface area contributed by atoms with Gasteiger partial charge in [-0.2, -0.15) is 18.2 Å². The van der Waals surface area contributed by atoms with Gasteiger partial charge in [0.05, 0.1) is 0 Å². The van der Waals surface area contributed by atoms with Crippen molar-refractivity contribution < 1.29 is 22.0 Å². The summed E-state index contributed by atoms with van der Waals surface area (Å²) < 4.78 is 65.7. The fraction of sp³-hybridized carbons (Fsp3) is 0.412. The Labute approximate surface area is 146 Å². The molecule has 1 saturated carbocycles. The Morgan fingerprint density at radius 1 is 0.962 bits per heavy atom. The topological polar surface area (TPSA) is 49.8 Å². The standard InChI is InChI=1S/C17H17F5N4/c18-11-5-10(6-12(19)7-11)9-23-15-8-14(17(20,21)22)25-16(26-15)24-13-3-1-2-4-13/h5-8,13H,1-4,9H2,(H2,23,24,25,26). The molecule has 0 unspecified atom stereocenters. The lowest BCUT2D eigenvalue weighted by Gasteiger charge is -2.16. The van der Waals surface area contributed by atoms with Gasteiger partial charge in [-0.05, 0) is 30.5 Å². The highest BCUT2D eigenvalue weighted by Crippen LogP contribution is 2.30. The van der Waals surface area contributed by atoms with E-state index in [1.807, 2.05) is 0 Å². The first-order valence-corrected chi connectivity index (χ1v) is 8.21. The first-order chi connectivity index (χ1) is 12.3. The lowest BCUT2D eigenvalue weighted by atomic mass is 10.2. The van der Waals surface area contributed by atoms with Gasteiger partial charge in [-0.1, -0.05) is 12.8 Å². The Balaban J connectivity index is 1.80. The maximum atomic E-state index is 13.2. The Hall–Kier alpha value is -2.45. The summed E-state index contributed by atoms with van der Waals surface area (Å²) in [6.07, 6.45) is -0.911. The third-order valence-corrected chi connectivity index (χ3v) is 4.10. The second-order valence-electron chi connectivity index (χ2n) is 6.22. The number of rotatable bonds is 5. The third kappa shape index (κ3) is 4.80. The molecule has 0 bridgehead atoms. The minimum atomic E-state index is -4.63. The molecule has 1 aliphatic carbocycles. The molecule has 140 valence electrons. The van der Waals surface area contributed by atoms with Crippen molar-refractivity contribution in [3.63, 3.8) is 0 Å². The van der Waals surface area contributed by atoms with Gasteiger partial charge in [0.15, 0.2) is 5.69 Å². The van der Waals surface area contributed by atoms with E-state index in [2.05, 4.69) is 20.6 Å². The van der Waals surface area contributed by atoms with Gasteiger partial charge in [-0.3, -0.25) is 0 Å². The van der Waals surface area contributed by atoms with Crippen LogP contribution in [0.15, 0.2) is 24.3 Å². The molecule has 9 heteroatoms. The second kappa shape index (κ2) is 7.43. The predicted octanol–water partition coefficient (Wildman–Crippen LogP) is 4.74. The maximum Gasteiger partial charge on any atom is 0.433 e. The van der Waals surface area contributed by atoms with Crippen molar-refractivity contribution in [3.05, 3.63) is 47.2 Å². The number of nitrogens with one attached hydrogen (secondary N) is 2. The molecule has 2 aromatic rings. The minimum Gasteiger partial charge on any atom is -0.366 e. The number of anilines is 2. The van der Waals surface area contributed by atoms with E-state index in [1.165, 1.54) is 0 Å². The van der Waals surface area contributed by atoms with Crippen molar-refractivity contribution in [2.24, 2.45) is 0 Å². The molecule has 3 rings (SSSR count). The molecule has 0 spiro atoms. The molecule has 4 nitrogen and oxygen atoms in total. The molecule has 1 fully saturated rings. The van der Waals surface area contributed by atoms with Crippen molar-refractivity contribution in [1.29, 1.82) is 0 Å². The number of hydrogen-bond donors (Lipinski definition) is 2. The summed E-state index contributed by atoms with van der Waals surface area (Å²) in [7, 11) is 0. The fourth-order valence-corrected chi connectivity index (χ4v) is 2.91. The van der Waals surface area contributed by atoms with Crippen LogP contribution in [0.4, 0.5) is 33.7 Å². The first-order valence-electron chi connectivity index (χ1n) is 8.21. The average molecular weight is 372 g/mol. The molecular weight excluding hydrogens is 355 g/mol. The number of halogens is 5. The first kappa shape index (κ1) is 18.3. The predicted molar refractivity (Wildman–Crippen MR) is 86.6 cm³/mol. The normalized spacial score (nSPS) is 15.3. The Kier molecular flexibility index (Phi) is 5.24. The van der Waals surface area contributed by atoms with Crippen LogP contribution in [0.3, 0.4) is 0 Å². The van der Waals surface area contributed by atoms with Gasteiger partial charge in [-0.15, -0.1) is 0 Å². The average Bonchev–Trinajstić information content (AvgIpc) is 3.04. The highest BCUT2D eigenvalue weighted by Gasteiger charge is 2.34. The molecule has 2 N–H and O–H groups in total. The lowest BCUT2D eigenvalue weighted by molar-refractivity contribution is -0.141. The fourth-order valence-electron chi connectivity index (χ4n) is 2.91. The van der Waals surface area contributed by atoms with Crippen LogP contribution in [0.2, 0.25) is 0 Å². The smallest absolute Gasteiger partial charge is 0.366 e. The number of benzene rings is 1. The molecular formula is C17H17F5N4. The molecule has 0 aliphatic heterocycles. The molecule has 0 saturated heterocycles. The molecule has 26 heavy (non-hydrogen) atoms. The SMILES string of the molecule is Fc1cc(F)cc(CNc2cc(C(F)(F)F)nc(NC3CCCC3)n2)c1. The Bertz CT molecular complexity index is 752. The van der Waals surface area contributed by atoms with Gasteiger partial charge in [-0.25, -0.2) is 13.8 Å². The Morgan fingerprint density at radius 3 is 2.23 bits per heavy atom. The molecule has 0 atom stereocenters. The summed E-state index contributed by atoms with van der Waals surface area (Å²) in [5.41, 5.74) is -0.833. The highest BCUT2D eigenvalue weighted by molar-refractivity contribution is 5.44. The van der Waals surface area contributed by atoms with E-state index < -0.39 is 23.5 Å². The maximum absolute atomic E-state index is 13.2. The van der Waals surface area contributed by atoms with Crippen molar-refractivity contribution in [1.82, 2.24) is 9.97 Å². The monoisotopic (exact) mass is 372 g/mol. The van der Waals surface area contributed by atoms with Crippen molar-refractivity contribution in [2.45, 2.75) is 44.4 Å². The summed E-state index contributed by atoms with van der Waals surface area (Å²) in [6.45, 7) is -0.0775. The van der Waals surface area contributed by atoms with E-state index in [-0.39, 0.29) is 29.9 Å². The zero-order valence-electron chi connectivity index (χ0n) is 13.7. The summed E-state index contributed by atoms with van der Waals surface area (Å²) in [5, 5.41) is 5.60. The van der Waals surface area contributed by atoms with Crippen LogP contribution in [0.5, 0.6) is 0 Å². The van der Waals surface area contributed by atoms with E-state index in [4.69, 9.17) is 0 Å². The molecule has 1 aromatic carbocycles. The van der Waals surface area contributed by atoms with E-state index in [1.54, 1.807) is 0 Å². The molecule has 1 heterocycles. The summed E-state index contributed by atoms with van der Waals surface area (Å²) >= 11 is 0. The van der Waals surface area contributed by atoms with Gasteiger partial charge in [0, 0.05) is 24.7 Å². The van der Waals surface area contributed by atoms with E-state index in [9.17, 15) is 22.0 Å². The van der Waals surface area contributed by atoms with Crippen LogP contribution >= 0.6 is 0 Å². The number of nitrogens with zero attached hydrogens (tertiary/aromatic N) is 2. The van der Waals surface area contributed by atoms with Crippen LogP contribution in [0, 0.1) is 11.6 Å².